The number of nitro groups is 2. The molecule has 1 aromatic heterocycles. The summed E-state index contributed by atoms with van der Waals surface area (Å²) in [6, 6.07) is 14.3. The van der Waals surface area contributed by atoms with Crippen molar-refractivity contribution in [3.8, 4) is 23.1 Å². The number of ether oxygens (including phenoxy) is 1. The molecule has 1 heterocycles. The summed E-state index contributed by atoms with van der Waals surface area (Å²) >= 11 is 0. The van der Waals surface area contributed by atoms with E-state index >= 15 is 0 Å². The summed E-state index contributed by atoms with van der Waals surface area (Å²) in [5.41, 5.74) is -0.741. The second-order valence-electron chi connectivity index (χ2n) is 6.50. The van der Waals surface area contributed by atoms with Gasteiger partial charge in [0.25, 0.3) is 17.3 Å². The van der Waals surface area contributed by atoms with Gasteiger partial charge in [0.15, 0.2) is 0 Å². The lowest BCUT2D eigenvalue weighted by Crippen LogP contribution is -2.13. The molecular formula is C22H16N4O7. The van der Waals surface area contributed by atoms with E-state index in [4.69, 9.17) is 9.15 Å². The van der Waals surface area contributed by atoms with E-state index < -0.39 is 27.1 Å². The van der Waals surface area contributed by atoms with Crippen molar-refractivity contribution in [1.82, 2.24) is 0 Å². The van der Waals surface area contributed by atoms with Crippen molar-refractivity contribution in [2.45, 2.75) is 6.92 Å². The highest BCUT2D eigenvalue weighted by molar-refractivity contribution is 6.09. The number of amides is 1. The summed E-state index contributed by atoms with van der Waals surface area (Å²) in [7, 11) is 0. The topological polar surface area (TPSA) is 162 Å². The van der Waals surface area contributed by atoms with Crippen LogP contribution in [0.4, 0.5) is 17.1 Å². The van der Waals surface area contributed by atoms with Crippen LogP contribution in [0.3, 0.4) is 0 Å². The Morgan fingerprint density at radius 1 is 1.12 bits per heavy atom. The lowest BCUT2D eigenvalue weighted by Gasteiger charge is -2.06. The molecule has 11 nitrogen and oxygen atoms in total. The summed E-state index contributed by atoms with van der Waals surface area (Å²) in [6.07, 6.45) is 1.19. The van der Waals surface area contributed by atoms with E-state index in [1.54, 1.807) is 30.3 Å². The zero-order chi connectivity index (χ0) is 24.0. The molecule has 0 unspecified atom stereocenters. The minimum atomic E-state index is -0.759. The molecule has 0 bridgehead atoms. The SMILES string of the molecule is CCOc1ccc(NC(=O)/C(C#N)=C\c2ccc(-c3ccc([N+](=O)[O-])cc3[N+](=O)[O-])o2)cc1. The number of hydrogen-bond acceptors (Lipinski definition) is 8. The van der Waals surface area contributed by atoms with E-state index in [1.165, 1.54) is 24.3 Å². The molecule has 2 aromatic carbocycles. The van der Waals surface area contributed by atoms with Gasteiger partial charge >= 0.3 is 0 Å². The van der Waals surface area contributed by atoms with Gasteiger partial charge in [0.1, 0.15) is 28.9 Å². The Hall–Kier alpha value is -4.98. The van der Waals surface area contributed by atoms with Crippen molar-refractivity contribution in [2.24, 2.45) is 0 Å². The zero-order valence-electron chi connectivity index (χ0n) is 17.2. The van der Waals surface area contributed by atoms with Crippen molar-refractivity contribution in [2.75, 3.05) is 11.9 Å². The molecule has 0 saturated carbocycles. The second kappa shape index (κ2) is 9.88. The third kappa shape index (κ3) is 5.39. The largest absolute Gasteiger partial charge is 0.494 e. The van der Waals surface area contributed by atoms with Gasteiger partial charge in [0.05, 0.1) is 28.1 Å². The van der Waals surface area contributed by atoms with E-state index in [0.717, 1.165) is 12.1 Å². The third-order valence-electron chi connectivity index (χ3n) is 4.36. The predicted molar refractivity (Wildman–Crippen MR) is 117 cm³/mol. The summed E-state index contributed by atoms with van der Waals surface area (Å²) in [6.45, 7) is 2.35. The van der Waals surface area contributed by atoms with Crippen molar-refractivity contribution >= 4 is 29.0 Å². The van der Waals surface area contributed by atoms with Crippen molar-refractivity contribution in [1.29, 1.82) is 5.26 Å². The molecule has 0 spiro atoms. The quantitative estimate of drug-likeness (QED) is 0.224. The van der Waals surface area contributed by atoms with Crippen LogP contribution in [0.25, 0.3) is 17.4 Å². The Morgan fingerprint density at radius 3 is 2.45 bits per heavy atom. The molecule has 0 aliphatic heterocycles. The molecule has 1 N–H and O–H groups in total. The van der Waals surface area contributed by atoms with E-state index in [9.17, 15) is 30.3 Å². The number of anilines is 1. The molecule has 3 aromatic rings. The number of furan rings is 1. The first-order valence-corrected chi connectivity index (χ1v) is 9.51. The van der Waals surface area contributed by atoms with Crippen molar-refractivity contribution < 1.29 is 23.8 Å². The number of hydrogen-bond donors (Lipinski definition) is 1. The van der Waals surface area contributed by atoms with Gasteiger partial charge in [0, 0.05) is 17.8 Å². The highest BCUT2D eigenvalue weighted by atomic mass is 16.6. The maximum Gasteiger partial charge on any atom is 0.287 e. The normalized spacial score (nSPS) is 10.8. The number of nitro benzene ring substituents is 2. The Kier molecular flexibility index (Phi) is 6.80. The minimum absolute atomic E-state index is 0.0163. The minimum Gasteiger partial charge on any atom is -0.494 e. The fraction of sp³-hybridized carbons (Fsp3) is 0.0909. The number of carbonyl (C=O) groups excluding carboxylic acids is 1. The highest BCUT2D eigenvalue weighted by Crippen LogP contribution is 2.34. The molecule has 3 rings (SSSR count). The number of carbonyl (C=O) groups is 1. The Morgan fingerprint density at radius 2 is 1.85 bits per heavy atom. The third-order valence-corrected chi connectivity index (χ3v) is 4.36. The van der Waals surface area contributed by atoms with Crippen LogP contribution >= 0.6 is 0 Å². The lowest BCUT2D eigenvalue weighted by molar-refractivity contribution is -0.393. The fourth-order valence-corrected chi connectivity index (χ4v) is 2.86. The standard InChI is InChI=1S/C22H16N4O7/c1-2-32-17-6-3-15(4-7-17)24-22(27)14(13-23)11-18-8-10-21(33-18)19-9-5-16(25(28)29)12-20(19)26(30)31/h3-12H,2H2,1H3,(H,24,27)/b14-11-. The fourth-order valence-electron chi connectivity index (χ4n) is 2.86. The van der Waals surface area contributed by atoms with Gasteiger partial charge < -0.3 is 14.5 Å². The van der Waals surface area contributed by atoms with Gasteiger partial charge in [-0.2, -0.15) is 5.26 Å². The lowest BCUT2D eigenvalue weighted by atomic mass is 10.1. The maximum absolute atomic E-state index is 12.5. The molecular weight excluding hydrogens is 432 g/mol. The molecule has 0 aliphatic carbocycles. The van der Waals surface area contributed by atoms with Gasteiger partial charge in [-0.1, -0.05) is 0 Å². The van der Waals surface area contributed by atoms with Crippen LogP contribution in [-0.4, -0.2) is 22.4 Å². The molecule has 0 fully saturated rings. The van der Waals surface area contributed by atoms with Crippen LogP contribution in [0.2, 0.25) is 0 Å². The number of nitrogens with one attached hydrogen (secondary N) is 1. The molecule has 0 radical (unpaired) electrons. The van der Waals surface area contributed by atoms with E-state index in [2.05, 4.69) is 5.32 Å². The van der Waals surface area contributed by atoms with Crippen molar-refractivity contribution in [3.63, 3.8) is 0 Å². The molecule has 11 heteroatoms. The molecule has 166 valence electrons. The predicted octanol–water partition coefficient (Wildman–Crippen LogP) is 4.71. The summed E-state index contributed by atoms with van der Waals surface area (Å²) in [4.78, 5) is 33.2. The first-order valence-electron chi connectivity index (χ1n) is 9.51. The van der Waals surface area contributed by atoms with Gasteiger partial charge in [-0.25, -0.2) is 0 Å². The summed E-state index contributed by atoms with van der Waals surface area (Å²) in [5.74, 6) is 0.0963. The van der Waals surface area contributed by atoms with E-state index in [-0.39, 0.29) is 22.7 Å². The van der Waals surface area contributed by atoms with Crippen molar-refractivity contribution in [3.05, 3.63) is 86.2 Å². The van der Waals surface area contributed by atoms with E-state index in [1.807, 2.05) is 6.92 Å². The number of non-ortho nitro benzene ring substituents is 1. The molecule has 33 heavy (non-hydrogen) atoms. The van der Waals surface area contributed by atoms with Gasteiger partial charge in [0.2, 0.25) is 0 Å². The average Bonchev–Trinajstić information content (AvgIpc) is 3.26. The maximum atomic E-state index is 12.5. The monoisotopic (exact) mass is 448 g/mol. The highest BCUT2D eigenvalue weighted by Gasteiger charge is 2.22. The van der Waals surface area contributed by atoms with Crippen LogP contribution < -0.4 is 10.1 Å². The van der Waals surface area contributed by atoms with Crippen LogP contribution in [0.5, 0.6) is 5.75 Å². The average molecular weight is 448 g/mol. The Labute approximate surface area is 186 Å². The number of rotatable bonds is 8. The summed E-state index contributed by atoms with van der Waals surface area (Å²) in [5, 5.41) is 34.2. The molecule has 0 atom stereocenters. The van der Waals surface area contributed by atoms with Gasteiger partial charge in [-0.15, -0.1) is 0 Å². The molecule has 1 amide bonds. The van der Waals surface area contributed by atoms with E-state index in [0.29, 0.717) is 18.0 Å². The summed E-state index contributed by atoms with van der Waals surface area (Å²) < 4.78 is 10.9. The van der Waals surface area contributed by atoms with Gasteiger partial charge in [-0.3, -0.25) is 25.0 Å². The zero-order valence-corrected chi connectivity index (χ0v) is 17.2. The number of nitriles is 1. The van der Waals surface area contributed by atoms with Gasteiger partial charge in [-0.05, 0) is 49.4 Å². The number of nitrogens with zero attached hydrogens (tertiary/aromatic N) is 3. The molecule has 0 saturated heterocycles. The van der Waals surface area contributed by atoms with Crippen LogP contribution in [-0.2, 0) is 4.79 Å². The van der Waals surface area contributed by atoms with Crippen LogP contribution in [0, 0.1) is 31.6 Å². The Bertz CT molecular complexity index is 1290. The van der Waals surface area contributed by atoms with Crippen LogP contribution in [0.1, 0.15) is 12.7 Å². The second-order valence-corrected chi connectivity index (χ2v) is 6.50. The first kappa shape index (κ1) is 22.7. The Balaban J connectivity index is 1.83. The first-order chi connectivity index (χ1) is 15.8. The smallest absolute Gasteiger partial charge is 0.287 e. The number of benzene rings is 2. The molecule has 0 aliphatic rings. The van der Waals surface area contributed by atoms with Crippen LogP contribution in [0.15, 0.2) is 64.6 Å².